The maximum absolute atomic E-state index is 12.1. The molecule has 0 saturated heterocycles. The van der Waals surface area contributed by atoms with E-state index in [2.05, 4.69) is 15.9 Å². The van der Waals surface area contributed by atoms with E-state index in [1.165, 1.54) is 6.92 Å². The molecule has 0 aliphatic carbocycles. The van der Waals surface area contributed by atoms with Gasteiger partial charge in [-0.25, -0.2) is 0 Å². The van der Waals surface area contributed by atoms with Crippen molar-refractivity contribution < 1.29 is 18.7 Å². The fourth-order valence-corrected chi connectivity index (χ4v) is 0.540. The molecule has 0 aromatic heterocycles. The third-order valence-electron chi connectivity index (χ3n) is 1.04. The smallest absolute Gasteiger partial charge is 0.304 e. The fourth-order valence-electron chi connectivity index (χ4n) is 0.378. The topological polar surface area (TPSA) is 37.3 Å². The van der Waals surface area contributed by atoms with Gasteiger partial charge in [0, 0.05) is 5.92 Å². The van der Waals surface area contributed by atoms with Gasteiger partial charge in [0.25, 0.3) is 0 Å². The van der Waals surface area contributed by atoms with Crippen LogP contribution in [-0.2, 0) is 4.79 Å². The zero-order chi connectivity index (χ0) is 8.36. The van der Waals surface area contributed by atoms with Gasteiger partial charge in [0.05, 0.1) is 6.42 Å². The molecule has 2 nitrogen and oxygen atoms in total. The molecule has 0 bridgehead atoms. The van der Waals surface area contributed by atoms with E-state index in [1.54, 1.807) is 0 Å². The van der Waals surface area contributed by atoms with E-state index in [4.69, 9.17) is 5.11 Å². The summed E-state index contributed by atoms with van der Waals surface area (Å²) in [6.07, 6.45) is -0.530. The van der Waals surface area contributed by atoms with Crippen molar-refractivity contribution in [2.75, 3.05) is 0 Å². The second-order valence-corrected chi connectivity index (χ2v) is 3.10. The van der Waals surface area contributed by atoms with Gasteiger partial charge in [0.2, 0.25) is 0 Å². The van der Waals surface area contributed by atoms with Crippen molar-refractivity contribution in [3.05, 3.63) is 0 Å². The summed E-state index contributed by atoms with van der Waals surface area (Å²) in [5.41, 5.74) is 0. The number of alkyl halides is 3. The van der Waals surface area contributed by atoms with Crippen LogP contribution in [0, 0.1) is 5.92 Å². The van der Waals surface area contributed by atoms with Crippen LogP contribution in [0.25, 0.3) is 0 Å². The molecular formula is C5H7BrF2O2. The molecule has 1 atom stereocenters. The molecule has 0 aromatic rings. The first-order valence-electron chi connectivity index (χ1n) is 2.62. The SMILES string of the molecule is CC(CC(=O)O)C(F)(F)Br. The molecule has 60 valence electrons. The van der Waals surface area contributed by atoms with Crippen molar-refractivity contribution in [3.63, 3.8) is 0 Å². The van der Waals surface area contributed by atoms with E-state index in [1.807, 2.05) is 0 Å². The number of carboxylic acids is 1. The highest BCUT2D eigenvalue weighted by atomic mass is 79.9. The van der Waals surface area contributed by atoms with Crippen molar-refractivity contribution >= 4 is 21.9 Å². The number of aliphatic carboxylic acids is 1. The Morgan fingerprint density at radius 1 is 1.80 bits per heavy atom. The highest BCUT2D eigenvalue weighted by molar-refractivity contribution is 9.10. The lowest BCUT2D eigenvalue weighted by Crippen LogP contribution is -2.20. The van der Waals surface area contributed by atoms with E-state index in [9.17, 15) is 13.6 Å². The first-order valence-corrected chi connectivity index (χ1v) is 3.42. The van der Waals surface area contributed by atoms with Gasteiger partial charge in [-0.1, -0.05) is 6.92 Å². The largest absolute Gasteiger partial charge is 0.481 e. The summed E-state index contributed by atoms with van der Waals surface area (Å²) >= 11 is 2.08. The summed E-state index contributed by atoms with van der Waals surface area (Å²) in [5.74, 6) is -2.39. The summed E-state index contributed by atoms with van der Waals surface area (Å²) in [6.45, 7) is 1.17. The van der Waals surface area contributed by atoms with Gasteiger partial charge in [-0.2, -0.15) is 8.78 Å². The Morgan fingerprint density at radius 3 is 2.30 bits per heavy atom. The molecule has 0 radical (unpaired) electrons. The third-order valence-corrected chi connectivity index (χ3v) is 1.82. The van der Waals surface area contributed by atoms with E-state index in [-0.39, 0.29) is 0 Å². The Hall–Kier alpha value is -0.190. The lowest BCUT2D eigenvalue weighted by atomic mass is 10.1. The summed E-state index contributed by atoms with van der Waals surface area (Å²) in [4.78, 5) is 6.82. The van der Waals surface area contributed by atoms with Crippen LogP contribution in [0.5, 0.6) is 0 Å². The lowest BCUT2D eigenvalue weighted by Gasteiger charge is -2.14. The average molecular weight is 217 g/mol. The molecule has 0 heterocycles. The molecule has 0 rings (SSSR count). The van der Waals surface area contributed by atoms with Crippen molar-refractivity contribution in [1.82, 2.24) is 0 Å². The first kappa shape index (κ1) is 9.81. The van der Waals surface area contributed by atoms with Crippen molar-refractivity contribution in [3.8, 4) is 0 Å². The predicted molar refractivity (Wildman–Crippen MR) is 35.3 cm³/mol. The minimum Gasteiger partial charge on any atom is -0.481 e. The summed E-state index contributed by atoms with van der Waals surface area (Å²) < 4.78 is 24.3. The van der Waals surface area contributed by atoms with Gasteiger partial charge >= 0.3 is 10.8 Å². The molecule has 5 heteroatoms. The van der Waals surface area contributed by atoms with E-state index < -0.39 is 23.1 Å². The normalized spacial score (nSPS) is 14.8. The minimum absolute atomic E-state index is 0.530. The Kier molecular flexibility index (Phi) is 3.21. The maximum atomic E-state index is 12.1. The monoisotopic (exact) mass is 216 g/mol. The zero-order valence-corrected chi connectivity index (χ0v) is 6.86. The molecule has 0 saturated carbocycles. The van der Waals surface area contributed by atoms with Crippen LogP contribution in [0.3, 0.4) is 0 Å². The Morgan fingerprint density at radius 2 is 2.20 bits per heavy atom. The molecule has 0 aromatic carbocycles. The molecule has 1 unspecified atom stereocenters. The molecule has 0 amide bonds. The Labute approximate surface area is 65.4 Å². The maximum Gasteiger partial charge on any atom is 0.304 e. The van der Waals surface area contributed by atoms with Gasteiger partial charge in [-0.3, -0.25) is 4.79 Å². The molecule has 0 spiro atoms. The zero-order valence-electron chi connectivity index (χ0n) is 5.27. The van der Waals surface area contributed by atoms with Gasteiger partial charge in [0.1, 0.15) is 0 Å². The number of carbonyl (C=O) groups is 1. The first-order chi connectivity index (χ1) is 4.34. The van der Waals surface area contributed by atoms with Crippen LogP contribution in [0.2, 0.25) is 0 Å². The van der Waals surface area contributed by atoms with Crippen molar-refractivity contribution in [2.45, 2.75) is 18.2 Å². The quantitative estimate of drug-likeness (QED) is 0.734. The van der Waals surface area contributed by atoms with Gasteiger partial charge in [-0.15, -0.1) is 0 Å². The third kappa shape index (κ3) is 3.76. The fraction of sp³-hybridized carbons (Fsp3) is 0.800. The second kappa shape index (κ2) is 3.27. The number of hydrogen-bond donors (Lipinski definition) is 1. The summed E-state index contributed by atoms with van der Waals surface area (Å²) in [6, 6.07) is 0. The van der Waals surface area contributed by atoms with Gasteiger partial charge in [-0.05, 0) is 15.9 Å². The van der Waals surface area contributed by atoms with Crippen molar-refractivity contribution in [2.24, 2.45) is 5.92 Å². The molecular weight excluding hydrogens is 210 g/mol. The van der Waals surface area contributed by atoms with E-state index >= 15 is 0 Å². The van der Waals surface area contributed by atoms with Crippen LogP contribution in [0.4, 0.5) is 8.78 Å². The van der Waals surface area contributed by atoms with Crippen LogP contribution < -0.4 is 0 Å². The summed E-state index contributed by atoms with van der Waals surface area (Å²) in [5, 5.41) is 8.09. The molecule has 1 N–H and O–H groups in total. The van der Waals surface area contributed by atoms with E-state index in [0.29, 0.717) is 0 Å². The number of carboxylic acid groups (broad SMARTS) is 1. The molecule has 10 heavy (non-hydrogen) atoms. The molecule has 0 aliphatic rings. The standard InChI is InChI=1S/C5H7BrF2O2/c1-3(2-4(9)10)5(6,7)8/h3H,2H2,1H3,(H,9,10). The number of hydrogen-bond acceptors (Lipinski definition) is 1. The van der Waals surface area contributed by atoms with Crippen molar-refractivity contribution in [1.29, 1.82) is 0 Å². The predicted octanol–water partition coefficient (Wildman–Crippen LogP) is 2.08. The Balaban J connectivity index is 3.85. The van der Waals surface area contributed by atoms with Crippen LogP contribution in [-0.4, -0.2) is 15.9 Å². The minimum atomic E-state index is -3.08. The highest BCUT2D eigenvalue weighted by Gasteiger charge is 2.33. The van der Waals surface area contributed by atoms with Gasteiger partial charge < -0.3 is 5.11 Å². The van der Waals surface area contributed by atoms with Gasteiger partial charge in [0.15, 0.2) is 0 Å². The Bertz CT molecular complexity index is 132. The second-order valence-electron chi connectivity index (χ2n) is 2.04. The van der Waals surface area contributed by atoms with Crippen LogP contribution >= 0.6 is 15.9 Å². The lowest BCUT2D eigenvalue weighted by molar-refractivity contribution is -0.139. The number of rotatable bonds is 3. The average Bonchev–Trinajstić information content (AvgIpc) is 1.60. The molecule has 0 fully saturated rings. The number of halogens is 3. The molecule has 0 aliphatic heterocycles. The van der Waals surface area contributed by atoms with E-state index in [0.717, 1.165) is 0 Å². The summed E-state index contributed by atoms with van der Waals surface area (Å²) in [7, 11) is 0. The van der Waals surface area contributed by atoms with Crippen LogP contribution in [0.15, 0.2) is 0 Å². The highest BCUT2D eigenvalue weighted by Crippen LogP contribution is 2.32. The van der Waals surface area contributed by atoms with Crippen LogP contribution in [0.1, 0.15) is 13.3 Å².